The number of carbonyl (C=O) groups is 1. The Hall–Kier alpha value is -1.75. The summed E-state index contributed by atoms with van der Waals surface area (Å²) >= 11 is 1.72. The van der Waals surface area contributed by atoms with Crippen molar-refractivity contribution >= 4 is 17.7 Å². The van der Waals surface area contributed by atoms with Gasteiger partial charge < -0.3 is 9.67 Å². The maximum atomic E-state index is 10.7. The van der Waals surface area contributed by atoms with Crippen LogP contribution in [0.4, 0.5) is 0 Å². The summed E-state index contributed by atoms with van der Waals surface area (Å²) in [7, 11) is 0. The number of aromatic nitrogens is 2. The lowest BCUT2D eigenvalue weighted by Gasteiger charge is -2.11. The quantitative estimate of drug-likeness (QED) is 0.842. The molecule has 0 amide bonds. The minimum atomic E-state index is -0.891. The van der Waals surface area contributed by atoms with Gasteiger partial charge in [0.05, 0.1) is 11.9 Å². The second kappa shape index (κ2) is 5.73. The molecule has 0 aliphatic rings. The van der Waals surface area contributed by atoms with E-state index in [0.717, 1.165) is 11.4 Å². The van der Waals surface area contributed by atoms with E-state index in [1.807, 2.05) is 22.9 Å². The molecule has 0 saturated heterocycles. The summed E-state index contributed by atoms with van der Waals surface area (Å²) in [6.45, 7) is 3.02. The average Bonchev–Trinajstić information content (AvgIpc) is 2.82. The zero-order chi connectivity index (χ0) is 13.0. The normalized spacial score (nSPS) is 12.3. The number of hydrogen-bond acceptors (Lipinski definition) is 3. The summed E-state index contributed by atoms with van der Waals surface area (Å²) < 4.78 is 2.03. The third kappa shape index (κ3) is 3.37. The highest BCUT2D eigenvalue weighted by molar-refractivity contribution is 7.99. The highest BCUT2D eigenvalue weighted by Gasteiger charge is 2.07. The molecule has 0 fully saturated rings. The maximum Gasteiger partial charge on any atom is 0.335 e. The van der Waals surface area contributed by atoms with E-state index in [2.05, 4.69) is 11.9 Å². The van der Waals surface area contributed by atoms with Crippen LogP contribution in [0.1, 0.15) is 17.3 Å². The highest BCUT2D eigenvalue weighted by atomic mass is 32.2. The number of imidazole rings is 1. The number of aromatic carboxylic acids is 1. The first kappa shape index (κ1) is 12.7. The van der Waals surface area contributed by atoms with Crippen LogP contribution in [0.2, 0.25) is 0 Å². The summed E-state index contributed by atoms with van der Waals surface area (Å²) in [5.41, 5.74) is 0.321. The molecule has 1 aromatic heterocycles. The number of carboxylic acid groups (broad SMARTS) is 1. The molecule has 94 valence electrons. The van der Waals surface area contributed by atoms with Crippen molar-refractivity contribution in [2.75, 3.05) is 0 Å². The third-order valence-corrected chi connectivity index (χ3v) is 3.56. The van der Waals surface area contributed by atoms with Gasteiger partial charge in [-0.3, -0.25) is 0 Å². The van der Waals surface area contributed by atoms with Crippen LogP contribution in [-0.4, -0.2) is 25.9 Å². The van der Waals surface area contributed by atoms with Crippen LogP contribution in [0.5, 0.6) is 0 Å². The second-order valence-electron chi connectivity index (χ2n) is 4.02. The van der Waals surface area contributed by atoms with Gasteiger partial charge in [0, 0.05) is 29.1 Å². The molecular weight excluding hydrogens is 248 g/mol. The zero-order valence-corrected chi connectivity index (χ0v) is 10.8. The van der Waals surface area contributed by atoms with Crippen LogP contribution in [0.15, 0.2) is 47.9 Å². The lowest BCUT2D eigenvalue weighted by molar-refractivity contribution is 0.0697. The van der Waals surface area contributed by atoms with E-state index in [9.17, 15) is 4.79 Å². The van der Waals surface area contributed by atoms with Gasteiger partial charge in [-0.15, -0.1) is 11.8 Å². The summed E-state index contributed by atoms with van der Waals surface area (Å²) in [6.07, 6.45) is 5.49. The fourth-order valence-corrected chi connectivity index (χ4v) is 2.64. The van der Waals surface area contributed by atoms with E-state index in [4.69, 9.17) is 5.11 Å². The molecule has 0 aliphatic carbocycles. The fraction of sp³-hybridized carbons (Fsp3) is 0.231. The maximum absolute atomic E-state index is 10.7. The molecular formula is C13H14N2O2S. The van der Waals surface area contributed by atoms with Gasteiger partial charge in [-0.25, -0.2) is 9.78 Å². The lowest BCUT2D eigenvalue weighted by atomic mass is 10.2. The first-order valence-electron chi connectivity index (χ1n) is 5.61. The van der Waals surface area contributed by atoms with Crippen molar-refractivity contribution in [2.24, 2.45) is 0 Å². The summed E-state index contributed by atoms with van der Waals surface area (Å²) in [5.74, 6) is -0.891. The SMILES string of the molecule is CC(Cn1ccnc1)Sc1ccc(C(=O)O)cc1. The molecule has 1 heterocycles. The molecule has 0 radical (unpaired) electrons. The van der Waals surface area contributed by atoms with E-state index in [1.165, 1.54) is 0 Å². The summed E-state index contributed by atoms with van der Waals surface area (Å²) in [5, 5.41) is 9.21. The second-order valence-corrected chi connectivity index (χ2v) is 5.53. The number of rotatable bonds is 5. The number of nitrogens with zero attached hydrogens (tertiary/aromatic N) is 2. The van der Waals surface area contributed by atoms with Gasteiger partial charge >= 0.3 is 5.97 Å². The predicted molar refractivity (Wildman–Crippen MR) is 70.9 cm³/mol. The molecule has 5 heteroatoms. The van der Waals surface area contributed by atoms with Gasteiger partial charge in [0.2, 0.25) is 0 Å². The topological polar surface area (TPSA) is 55.1 Å². The van der Waals surface area contributed by atoms with E-state index in [-0.39, 0.29) is 0 Å². The molecule has 1 unspecified atom stereocenters. The summed E-state index contributed by atoms with van der Waals surface area (Å²) in [6, 6.07) is 6.96. The Bertz CT molecular complexity index is 508. The van der Waals surface area contributed by atoms with E-state index in [0.29, 0.717) is 10.8 Å². The molecule has 0 bridgehead atoms. The molecule has 2 rings (SSSR count). The molecule has 1 N–H and O–H groups in total. The monoisotopic (exact) mass is 262 g/mol. The molecule has 0 saturated carbocycles. The minimum Gasteiger partial charge on any atom is -0.478 e. The van der Waals surface area contributed by atoms with Gasteiger partial charge in [-0.05, 0) is 24.3 Å². The van der Waals surface area contributed by atoms with Crippen molar-refractivity contribution in [1.82, 2.24) is 9.55 Å². The number of thioether (sulfide) groups is 1. The average molecular weight is 262 g/mol. The van der Waals surface area contributed by atoms with Crippen molar-refractivity contribution in [3.8, 4) is 0 Å². The number of benzene rings is 1. The molecule has 2 aromatic rings. The first-order chi connectivity index (χ1) is 8.65. The van der Waals surface area contributed by atoms with Crippen molar-refractivity contribution in [3.05, 3.63) is 48.5 Å². The van der Waals surface area contributed by atoms with Gasteiger partial charge in [0.1, 0.15) is 0 Å². The van der Waals surface area contributed by atoms with E-state index < -0.39 is 5.97 Å². The molecule has 1 atom stereocenters. The van der Waals surface area contributed by atoms with E-state index >= 15 is 0 Å². The van der Waals surface area contributed by atoms with Crippen molar-refractivity contribution in [3.63, 3.8) is 0 Å². The van der Waals surface area contributed by atoms with Crippen LogP contribution >= 0.6 is 11.8 Å². The Morgan fingerprint density at radius 1 is 1.44 bits per heavy atom. The standard InChI is InChI=1S/C13H14N2O2S/c1-10(8-15-7-6-14-9-15)18-12-4-2-11(3-5-12)13(16)17/h2-7,9-10H,8H2,1H3,(H,16,17). The van der Waals surface area contributed by atoms with E-state index in [1.54, 1.807) is 36.4 Å². The van der Waals surface area contributed by atoms with Crippen LogP contribution in [0.25, 0.3) is 0 Å². The van der Waals surface area contributed by atoms with Gasteiger partial charge in [-0.2, -0.15) is 0 Å². The molecule has 0 aliphatic heterocycles. The Morgan fingerprint density at radius 2 is 2.17 bits per heavy atom. The predicted octanol–water partition coefficient (Wildman–Crippen LogP) is 2.76. The first-order valence-corrected chi connectivity index (χ1v) is 6.49. The highest BCUT2D eigenvalue weighted by Crippen LogP contribution is 2.24. The van der Waals surface area contributed by atoms with Crippen molar-refractivity contribution in [2.45, 2.75) is 23.6 Å². The molecule has 4 nitrogen and oxygen atoms in total. The lowest BCUT2D eigenvalue weighted by Crippen LogP contribution is -2.07. The van der Waals surface area contributed by atoms with Crippen LogP contribution < -0.4 is 0 Å². The van der Waals surface area contributed by atoms with Crippen molar-refractivity contribution in [1.29, 1.82) is 0 Å². The number of hydrogen-bond donors (Lipinski definition) is 1. The Labute approximate surface area is 110 Å². The van der Waals surface area contributed by atoms with Gasteiger partial charge in [-0.1, -0.05) is 6.92 Å². The minimum absolute atomic E-state index is 0.321. The molecule has 0 spiro atoms. The molecule has 18 heavy (non-hydrogen) atoms. The van der Waals surface area contributed by atoms with Gasteiger partial charge in [0.15, 0.2) is 0 Å². The fourth-order valence-electron chi connectivity index (χ4n) is 1.64. The Balaban J connectivity index is 1.94. The molecule has 1 aromatic carbocycles. The largest absolute Gasteiger partial charge is 0.478 e. The van der Waals surface area contributed by atoms with Crippen LogP contribution in [0.3, 0.4) is 0 Å². The zero-order valence-electron chi connectivity index (χ0n) is 9.98. The van der Waals surface area contributed by atoms with Gasteiger partial charge in [0.25, 0.3) is 0 Å². The van der Waals surface area contributed by atoms with Crippen LogP contribution in [-0.2, 0) is 6.54 Å². The van der Waals surface area contributed by atoms with Crippen LogP contribution in [0, 0.1) is 0 Å². The Kier molecular flexibility index (Phi) is 4.04. The smallest absolute Gasteiger partial charge is 0.335 e. The summed E-state index contributed by atoms with van der Waals surface area (Å²) in [4.78, 5) is 15.8. The number of carboxylic acids is 1. The van der Waals surface area contributed by atoms with Crippen molar-refractivity contribution < 1.29 is 9.90 Å². The third-order valence-electron chi connectivity index (χ3n) is 2.47. The Morgan fingerprint density at radius 3 is 2.72 bits per heavy atom.